The van der Waals surface area contributed by atoms with Crippen molar-refractivity contribution in [3.63, 3.8) is 0 Å². The van der Waals surface area contributed by atoms with Gasteiger partial charge in [0.05, 0.1) is 24.3 Å². The molecule has 0 unspecified atom stereocenters. The molecule has 0 saturated carbocycles. The summed E-state index contributed by atoms with van der Waals surface area (Å²) in [5, 5.41) is 5.73. The molecular weight excluding hydrogens is 370 g/mol. The van der Waals surface area contributed by atoms with Gasteiger partial charge in [-0.25, -0.2) is 9.59 Å². The van der Waals surface area contributed by atoms with Crippen LogP contribution >= 0.6 is 0 Å². The fourth-order valence-electron chi connectivity index (χ4n) is 3.79. The minimum Gasteiger partial charge on any atom is -0.491 e. The van der Waals surface area contributed by atoms with Crippen molar-refractivity contribution in [3.05, 3.63) is 41.1 Å². The lowest BCUT2D eigenvalue weighted by molar-refractivity contribution is -0.139. The zero-order chi connectivity index (χ0) is 20.8. The predicted octanol–water partition coefficient (Wildman–Crippen LogP) is 3.13. The van der Waals surface area contributed by atoms with Gasteiger partial charge in [-0.15, -0.1) is 0 Å². The lowest BCUT2D eigenvalue weighted by atomic mass is 9.94. The lowest BCUT2D eigenvalue weighted by Crippen LogP contribution is -2.49. The molecular formula is C22H31N3O4. The van der Waals surface area contributed by atoms with Gasteiger partial charge in [0.2, 0.25) is 0 Å². The molecule has 0 spiro atoms. The fourth-order valence-corrected chi connectivity index (χ4v) is 3.79. The highest BCUT2D eigenvalue weighted by Gasteiger charge is 2.34. The third kappa shape index (κ3) is 5.50. The molecule has 2 aliphatic rings. The van der Waals surface area contributed by atoms with Crippen molar-refractivity contribution in [1.29, 1.82) is 0 Å². The van der Waals surface area contributed by atoms with Crippen LogP contribution in [0, 0.1) is 0 Å². The number of carbonyl (C=O) groups is 2. The number of carbonyl (C=O) groups excluding carboxylic acids is 2. The number of urea groups is 1. The number of hydrogen-bond acceptors (Lipinski definition) is 5. The van der Waals surface area contributed by atoms with Crippen LogP contribution in [0.2, 0.25) is 0 Å². The van der Waals surface area contributed by atoms with E-state index in [1.165, 1.54) is 6.42 Å². The number of likely N-dealkylation sites (tertiary alicyclic amines) is 1. The average molecular weight is 402 g/mol. The Kier molecular flexibility index (Phi) is 7.14. The predicted molar refractivity (Wildman–Crippen MR) is 111 cm³/mol. The van der Waals surface area contributed by atoms with Crippen LogP contribution in [0.3, 0.4) is 0 Å². The molecule has 0 bridgehead atoms. The molecule has 2 heterocycles. The first-order chi connectivity index (χ1) is 14.0. The number of amides is 2. The summed E-state index contributed by atoms with van der Waals surface area (Å²) in [4.78, 5) is 27.5. The second kappa shape index (κ2) is 9.78. The Morgan fingerprint density at radius 3 is 2.48 bits per heavy atom. The molecule has 0 radical (unpaired) electrons. The number of piperidine rings is 1. The molecule has 1 aromatic rings. The number of esters is 1. The normalized spacial score (nSPS) is 20.3. The molecule has 2 amide bonds. The Labute approximate surface area is 172 Å². The van der Waals surface area contributed by atoms with Gasteiger partial charge in [-0.05, 0) is 64.4 Å². The molecule has 2 N–H and O–H groups in total. The standard InChI is InChI=1S/C22H31N3O4/c1-4-28-21(26)19-18(14-25-12-6-5-7-13-25)23-22(27)24-20(19)16-8-10-17(11-9-16)29-15(2)3/h8-11,15,20H,4-7,12-14H2,1-3H3,(H2,23,24,27)/t20-/m1/s1. The van der Waals surface area contributed by atoms with Crippen molar-refractivity contribution in [2.45, 2.75) is 52.2 Å². The average Bonchev–Trinajstić information content (AvgIpc) is 2.68. The molecule has 158 valence electrons. The fraction of sp³-hybridized carbons (Fsp3) is 0.545. The van der Waals surface area contributed by atoms with E-state index in [1.807, 2.05) is 38.1 Å². The SMILES string of the molecule is CCOC(=O)C1=C(CN2CCCCC2)NC(=O)N[C@@H]1c1ccc(OC(C)C)cc1. The molecule has 1 saturated heterocycles. The Morgan fingerprint density at radius 1 is 1.17 bits per heavy atom. The number of rotatable bonds is 7. The molecule has 0 aliphatic carbocycles. The first-order valence-electron chi connectivity index (χ1n) is 10.4. The van der Waals surface area contributed by atoms with Crippen LogP contribution in [-0.2, 0) is 9.53 Å². The summed E-state index contributed by atoms with van der Waals surface area (Å²) < 4.78 is 11.0. The second-order valence-corrected chi connectivity index (χ2v) is 7.72. The minimum absolute atomic E-state index is 0.0746. The maximum absolute atomic E-state index is 12.8. The van der Waals surface area contributed by atoms with Gasteiger partial charge >= 0.3 is 12.0 Å². The first-order valence-corrected chi connectivity index (χ1v) is 10.4. The molecule has 1 aromatic carbocycles. The van der Waals surface area contributed by atoms with Gasteiger partial charge in [0.15, 0.2) is 0 Å². The topological polar surface area (TPSA) is 79.9 Å². The lowest BCUT2D eigenvalue weighted by Gasteiger charge is -2.33. The van der Waals surface area contributed by atoms with Crippen LogP contribution < -0.4 is 15.4 Å². The smallest absolute Gasteiger partial charge is 0.338 e. The van der Waals surface area contributed by atoms with Gasteiger partial charge in [0.1, 0.15) is 5.75 Å². The molecule has 0 aromatic heterocycles. The van der Waals surface area contributed by atoms with E-state index in [1.54, 1.807) is 6.92 Å². The van der Waals surface area contributed by atoms with E-state index in [-0.39, 0.29) is 18.7 Å². The molecule has 7 heteroatoms. The highest BCUT2D eigenvalue weighted by atomic mass is 16.5. The highest BCUT2D eigenvalue weighted by Crippen LogP contribution is 2.30. The van der Waals surface area contributed by atoms with E-state index in [4.69, 9.17) is 9.47 Å². The van der Waals surface area contributed by atoms with Crippen LogP contribution in [0.1, 0.15) is 51.6 Å². The monoisotopic (exact) mass is 401 g/mol. The number of ether oxygens (including phenoxy) is 2. The van der Waals surface area contributed by atoms with Crippen molar-refractivity contribution < 1.29 is 19.1 Å². The second-order valence-electron chi connectivity index (χ2n) is 7.72. The molecule has 1 fully saturated rings. The largest absolute Gasteiger partial charge is 0.491 e. The van der Waals surface area contributed by atoms with E-state index in [0.717, 1.165) is 37.2 Å². The third-order valence-electron chi connectivity index (χ3n) is 5.06. The summed E-state index contributed by atoms with van der Waals surface area (Å²) >= 11 is 0. The summed E-state index contributed by atoms with van der Waals surface area (Å²) in [6.07, 6.45) is 3.57. The summed E-state index contributed by atoms with van der Waals surface area (Å²) in [7, 11) is 0. The van der Waals surface area contributed by atoms with Crippen molar-refractivity contribution in [2.75, 3.05) is 26.2 Å². The Morgan fingerprint density at radius 2 is 1.86 bits per heavy atom. The van der Waals surface area contributed by atoms with Crippen molar-refractivity contribution >= 4 is 12.0 Å². The molecule has 3 rings (SSSR count). The third-order valence-corrected chi connectivity index (χ3v) is 5.06. The molecule has 29 heavy (non-hydrogen) atoms. The maximum Gasteiger partial charge on any atom is 0.338 e. The van der Waals surface area contributed by atoms with Gasteiger partial charge in [-0.3, -0.25) is 4.90 Å². The van der Waals surface area contributed by atoms with Crippen LogP contribution in [0.25, 0.3) is 0 Å². The van der Waals surface area contributed by atoms with Crippen molar-refractivity contribution in [3.8, 4) is 5.75 Å². The maximum atomic E-state index is 12.8. The van der Waals surface area contributed by atoms with Gasteiger partial charge in [-0.2, -0.15) is 0 Å². The molecule has 1 atom stereocenters. The van der Waals surface area contributed by atoms with Crippen LogP contribution in [0.5, 0.6) is 5.75 Å². The minimum atomic E-state index is -0.560. The summed E-state index contributed by atoms with van der Waals surface area (Å²) in [5.74, 6) is 0.346. The Balaban J connectivity index is 1.92. The van der Waals surface area contributed by atoms with Gasteiger partial charge in [-0.1, -0.05) is 18.6 Å². The first kappa shape index (κ1) is 21.2. The number of benzene rings is 1. The van der Waals surface area contributed by atoms with Gasteiger partial charge in [0.25, 0.3) is 0 Å². The van der Waals surface area contributed by atoms with Crippen LogP contribution in [0.4, 0.5) is 4.79 Å². The van der Waals surface area contributed by atoms with Gasteiger partial charge < -0.3 is 20.1 Å². The number of nitrogens with one attached hydrogen (secondary N) is 2. The van der Waals surface area contributed by atoms with Crippen molar-refractivity contribution in [2.24, 2.45) is 0 Å². The quantitative estimate of drug-likeness (QED) is 0.686. The zero-order valence-electron chi connectivity index (χ0n) is 17.5. The Hall–Kier alpha value is -2.54. The van der Waals surface area contributed by atoms with E-state index in [2.05, 4.69) is 15.5 Å². The Bertz CT molecular complexity index is 752. The summed E-state index contributed by atoms with van der Waals surface area (Å²) in [5.41, 5.74) is 1.91. The summed E-state index contributed by atoms with van der Waals surface area (Å²) in [6.45, 7) is 8.47. The van der Waals surface area contributed by atoms with E-state index >= 15 is 0 Å². The van der Waals surface area contributed by atoms with E-state index in [0.29, 0.717) is 17.8 Å². The van der Waals surface area contributed by atoms with Crippen LogP contribution in [0.15, 0.2) is 35.5 Å². The zero-order valence-corrected chi connectivity index (χ0v) is 17.5. The molecule has 7 nitrogen and oxygen atoms in total. The highest BCUT2D eigenvalue weighted by molar-refractivity contribution is 5.95. The summed E-state index contributed by atoms with van der Waals surface area (Å²) in [6, 6.07) is 6.61. The number of nitrogens with zero attached hydrogens (tertiary/aromatic N) is 1. The molecule has 2 aliphatic heterocycles. The van der Waals surface area contributed by atoms with Crippen molar-refractivity contribution in [1.82, 2.24) is 15.5 Å². The van der Waals surface area contributed by atoms with E-state index in [9.17, 15) is 9.59 Å². The van der Waals surface area contributed by atoms with Crippen LogP contribution in [-0.4, -0.2) is 49.2 Å². The van der Waals surface area contributed by atoms with E-state index < -0.39 is 12.0 Å². The van der Waals surface area contributed by atoms with Gasteiger partial charge in [0, 0.05) is 12.2 Å². The number of hydrogen-bond donors (Lipinski definition) is 2.